The zero-order chi connectivity index (χ0) is 13.2. The summed E-state index contributed by atoms with van der Waals surface area (Å²) in [5, 5.41) is 14.3. The Morgan fingerprint density at radius 3 is 2.78 bits per heavy atom. The van der Waals surface area contributed by atoms with Crippen LogP contribution >= 0.6 is 0 Å². The molecule has 2 N–H and O–H groups in total. The average Bonchev–Trinajstić information content (AvgIpc) is 2.74. The minimum atomic E-state index is -0.668. The Balaban J connectivity index is 2.02. The Kier molecular flexibility index (Phi) is 4.08. The van der Waals surface area contributed by atoms with Crippen LogP contribution in [0.15, 0.2) is 24.3 Å². The summed E-state index contributed by atoms with van der Waals surface area (Å²) in [6.45, 7) is 7.33. The largest absolute Gasteiger partial charge is 0.384 e. The van der Waals surface area contributed by atoms with Crippen LogP contribution in [0.2, 0.25) is 0 Å². The van der Waals surface area contributed by atoms with Crippen LogP contribution in [0.25, 0.3) is 0 Å². The Morgan fingerprint density at radius 2 is 2.06 bits per heavy atom. The van der Waals surface area contributed by atoms with E-state index in [1.165, 1.54) is 12.0 Å². The number of aliphatic hydroxyl groups is 1. The summed E-state index contributed by atoms with van der Waals surface area (Å²) in [6, 6.07) is 8.72. The highest BCUT2D eigenvalue weighted by Crippen LogP contribution is 2.36. The van der Waals surface area contributed by atoms with E-state index in [-0.39, 0.29) is 0 Å². The number of hydrogen-bond acceptors (Lipinski definition) is 2. The summed E-state index contributed by atoms with van der Waals surface area (Å²) in [7, 11) is 0. The first-order chi connectivity index (χ1) is 8.57. The maximum atomic E-state index is 10.8. The quantitative estimate of drug-likeness (QED) is 0.838. The van der Waals surface area contributed by atoms with Crippen molar-refractivity contribution < 1.29 is 5.11 Å². The van der Waals surface area contributed by atoms with Gasteiger partial charge in [-0.2, -0.15) is 0 Å². The number of aryl methyl sites for hydroxylation is 1. The Labute approximate surface area is 110 Å². The summed E-state index contributed by atoms with van der Waals surface area (Å²) in [5.41, 5.74) is 1.75. The van der Waals surface area contributed by atoms with Gasteiger partial charge in [-0.25, -0.2) is 0 Å². The molecule has 0 bridgehead atoms. The zero-order valence-electron chi connectivity index (χ0n) is 11.7. The molecule has 0 saturated heterocycles. The maximum absolute atomic E-state index is 10.8. The highest BCUT2D eigenvalue weighted by atomic mass is 16.3. The van der Waals surface area contributed by atoms with E-state index >= 15 is 0 Å². The molecule has 0 aliphatic heterocycles. The van der Waals surface area contributed by atoms with E-state index in [2.05, 4.69) is 44.3 Å². The maximum Gasteiger partial charge on any atom is 0.103 e. The van der Waals surface area contributed by atoms with Crippen molar-refractivity contribution in [3.8, 4) is 0 Å². The highest BCUT2D eigenvalue weighted by molar-refractivity contribution is 5.37. The molecule has 18 heavy (non-hydrogen) atoms. The monoisotopic (exact) mass is 247 g/mol. The van der Waals surface area contributed by atoms with Gasteiger partial charge in [-0.15, -0.1) is 0 Å². The number of benzene rings is 1. The van der Waals surface area contributed by atoms with Crippen LogP contribution in [0, 0.1) is 5.92 Å². The molecule has 1 aromatic carbocycles. The van der Waals surface area contributed by atoms with E-state index < -0.39 is 5.60 Å². The Hall–Kier alpha value is -0.860. The first-order valence-corrected chi connectivity index (χ1v) is 7.11. The van der Waals surface area contributed by atoms with Gasteiger partial charge in [0, 0.05) is 12.6 Å². The number of rotatable bonds is 5. The summed E-state index contributed by atoms with van der Waals surface area (Å²) in [6.07, 6.45) is 3.00. The molecule has 100 valence electrons. The third-order valence-electron chi connectivity index (χ3n) is 4.54. The predicted molar refractivity (Wildman–Crippen MR) is 75.6 cm³/mol. The van der Waals surface area contributed by atoms with Crippen LogP contribution in [0.1, 0.15) is 44.7 Å². The molecule has 2 nitrogen and oxygen atoms in total. The minimum absolute atomic E-state index is 0.451. The standard InChI is InChI=1S/C16H25NO/c1-4-12(2)13(3)17-11-16(18)10-9-14-7-5-6-8-15(14)16/h5-8,12-13,17-18H,4,9-11H2,1-3H3. The van der Waals surface area contributed by atoms with E-state index in [0.29, 0.717) is 18.5 Å². The normalized spacial score (nSPS) is 25.8. The van der Waals surface area contributed by atoms with E-state index in [1.807, 2.05) is 6.07 Å². The van der Waals surface area contributed by atoms with Gasteiger partial charge in [0.15, 0.2) is 0 Å². The Morgan fingerprint density at radius 1 is 1.33 bits per heavy atom. The first kappa shape index (κ1) is 13.6. The van der Waals surface area contributed by atoms with Crippen molar-refractivity contribution in [3.05, 3.63) is 35.4 Å². The fourth-order valence-electron chi connectivity index (χ4n) is 2.74. The van der Waals surface area contributed by atoms with Crippen LogP contribution in [0.4, 0.5) is 0 Å². The van der Waals surface area contributed by atoms with Gasteiger partial charge >= 0.3 is 0 Å². The second-order valence-corrected chi connectivity index (χ2v) is 5.74. The molecule has 3 atom stereocenters. The van der Waals surface area contributed by atoms with Gasteiger partial charge in [0.2, 0.25) is 0 Å². The van der Waals surface area contributed by atoms with Crippen LogP contribution in [-0.4, -0.2) is 17.7 Å². The van der Waals surface area contributed by atoms with Crippen molar-refractivity contribution >= 4 is 0 Å². The molecule has 1 aromatic rings. The van der Waals surface area contributed by atoms with Crippen LogP contribution in [0.5, 0.6) is 0 Å². The van der Waals surface area contributed by atoms with Crippen LogP contribution in [-0.2, 0) is 12.0 Å². The second kappa shape index (κ2) is 5.41. The van der Waals surface area contributed by atoms with E-state index in [1.54, 1.807) is 0 Å². The molecule has 0 spiro atoms. The summed E-state index contributed by atoms with van der Waals surface area (Å²) >= 11 is 0. The molecule has 0 saturated carbocycles. The number of fused-ring (bicyclic) bond motifs is 1. The fraction of sp³-hybridized carbons (Fsp3) is 0.625. The van der Waals surface area contributed by atoms with Gasteiger partial charge in [-0.05, 0) is 36.8 Å². The molecular weight excluding hydrogens is 222 g/mol. The summed E-state index contributed by atoms with van der Waals surface area (Å²) in [4.78, 5) is 0. The first-order valence-electron chi connectivity index (χ1n) is 7.11. The van der Waals surface area contributed by atoms with E-state index in [9.17, 15) is 5.11 Å². The second-order valence-electron chi connectivity index (χ2n) is 5.74. The molecule has 0 fully saturated rings. The van der Waals surface area contributed by atoms with E-state index in [4.69, 9.17) is 0 Å². The van der Waals surface area contributed by atoms with Crippen molar-refractivity contribution in [3.63, 3.8) is 0 Å². The van der Waals surface area contributed by atoms with Gasteiger partial charge in [-0.1, -0.05) is 44.5 Å². The van der Waals surface area contributed by atoms with Gasteiger partial charge in [0.1, 0.15) is 5.60 Å². The lowest BCUT2D eigenvalue weighted by atomic mass is 9.94. The molecule has 0 amide bonds. The van der Waals surface area contributed by atoms with Crippen molar-refractivity contribution in [1.29, 1.82) is 0 Å². The van der Waals surface area contributed by atoms with Gasteiger partial charge in [0.25, 0.3) is 0 Å². The zero-order valence-corrected chi connectivity index (χ0v) is 11.7. The molecule has 3 unspecified atom stereocenters. The Bertz CT molecular complexity index is 404. The third-order valence-corrected chi connectivity index (χ3v) is 4.54. The van der Waals surface area contributed by atoms with Crippen LogP contribution in [0.3, 0.4) is 0 Å². The predicted octanol–water partition coefficient (Wildman–Crippen LogP) is 2.84. The minimum Gasteiger partial charge on any atom is -0.384 e. The topological polar surface area (TPSA) is 32.3 Å². The van der Waals surface area contributed by atoms with Crippen LogP contribution < -0.4 is 5.32 Å². The molecule has 0 heterocycles. The molecule has 1 aliphatic rings. The van der Waals surface area contributed by atoms with Crippen molar-refractivity contribution in [2.45, 2.75) is 51.7 Å². The lowest BCUT2D eigenvalue weighted by molar-refractivity contribution is 0.0345. The third kappa shape index (κ3) is 2.60. The summed E-state index contributed by atoms with van der Waals surface area (Å²) in [5.74, 6) is 0.644. The lowest BCUT2D eigenvalue weighted by Crippen LogP contribution is -2.42. The van der Waals surface area contributed by atoms with Gasteiger partial charge < -0.3 is 10.4 Å². The fourth-order valence-corrected chi connectivity index (χ4v) is 2.74. The average molecular weight is 247 g/mol. The number of nitrogens with one attached hydrogen (secondary N) is 1. The lowest BCUT2D eigenvalue weighted by Gasteiger charge is -2.28. The number of hydrogen-bond donors (Lipinski definition) is 2. The summed E-state index contributed by atoms with van der Waals surface area (Å²) < 4.78 is 0. The van der Waals surface area contributed by atoms with Crippen molar-refractivity contribution in [1.82, 2.24) is 5.32 Å². The molecule has 0 aromatic heterocycles. The molecule has 0 radical (unpaired) electrons. The molecule has 2 rings (SSSR count). The van der Waals surface area contributed by atoms with Gasteiger partial charge in [-0.3, -0.25) is 0 Å². The highest BCUT2D eigenvalue weighted by Gasteiger charge is 2.36. The van der Waals surface area contributed by atoms with Gasteiger partial charge in [0.05, 0.1) is 0 Å². The molecular formula is C16H25NO. The van der Waals surface area contributed by atoms with Crippen molar-refractivity contribution in [2.24, 2.45) is 5.92 Å². The SMILES string of the molecule is CCC(C)C(C)NCC1(O)CCc2ccccc21. The van der Waals surface area contributed by atoms with Crippen molar-refractivity contribution in [2.75, 3.05) is 6.54 Å². The molecule has 1 aliphatic carbocycles. The van der Waals surface area contributed by atoms with E-state index in [0.717, 1.165) is 18.4 Å². The molecule has 2 heteroatoms. The smallest absolute Gasteiger partial charge is 0.103 e.